The van der Waals surface area contributed by atoms with E-state index < -0.39 is 0 Å². The SMILES string of the molecule is Cc1nnc(N2CCN(c3cnn(C)c3)C(=O)C2)c(C#N)c1C. The summed E-state index contributed by atoms with van der Waals surface area (Å²) < 4.78 is 1.66. The number of hydrogen-bond donors (Lipinski definition) is 0. The van der Waals surface area contributed by atoms with Gasteiger partial charge in [-0.3, -0.25) is 9.48 Å². The molecule has 0 atom stereocenters. The molecule has 1 aliphatic rings. The van der Waals surface area contributed by atoms with Crippen molar-refractivity contribution in [3.8, 4) is 6.07 Å². The molecule has 0 saturated carbocycles. The van der Waals surface area contributed by atoms with Crippen molar-refractivity contribution in [2.75, 3.05) is 29.4 Å². The zero-order valence-electron chi connectivity index (χ0n) is 13.3. The van der Waals surface area contributed by atoms with Gasteiger partial charge in [-0.25, -0.2) is 0 Å². The van der Waals surface area contributed by atoms with Gasteiger partial charge in [-0.05, 0) is 19.4 Å². The van der Waals surface area contributed by atoms with Gasteiger partial charge in [0.1, 0.15) is 11.6 Å². The van der Waals surface area contributed by atoms with E-state index in [2.05, 4.69) is 21.4 Å². The summed E-state index contributed by atoms with van der Waals surface area (Å²) in [5, 5.41) is 21.7. The van der Waals surface area contributed by atoms with Gasteiger partial charge >= 0.3 is 0 Å². The number of carbonyl (C=O) groups excluding carboxylic acids is 1. The van der Waals surface area contributed by atoms with Crippen molar-refractivity contribution in [1.82, 2.24) is 20.0 Å². The Labute approximate surface area is 133 Å². The number of piperazine rings is 1. The molecule has 0 aliphatic carbocycles. The predicted molar refractivity (Wildman–Crippen MR) is 84.0 cm³/mol. The van der Waals surface area contributed by atoms with Crippen molar-refractivity contribution < 1.29 is 4.79 Å². The predicted octanol–water partition coefficient (Wildman–Crippen LogP) is 0.552. The molecule has 3 heterocycles. The van der Waals surface area contributed by atoms with Crippen molar-refractivity contribution in [1.29, 1.82) is 5.26 Å². The summed E-state index contributed by atoms with van der Waals surface area (Å²) >= 11 is 0. The molecule has 2 aromatic heterocycles. The van der Waals surface area contributed by atoms with E-state index in [1.807, 2.05) is 32.0 Å². The third kappa shape index (κ3) is 2.61. The lowest BCUT2D eigenvalue weighted by atomic mass is 10.1. The van der Waals surface area contributed by atoms with E-state index in [9.17, 15) is 10.1 Å². The Balaban J connectivity index is 1.85. The average molecular weight is 311 g/mol. The highest BCUT2D eigenvalue weighted by molar-refractivity contribution is 5.97. The first kappa shape index (κ1) is 15.0. The molecule has 3 rings (SSSR count). The summed E-state index contributed by atoms with van der Waals surface area (Å²) in [6, 6.07) is 2.18. The summed E-state index contributed by atoms with van der Waals surface area (Å²) in [6.45, 7) is 4.94. The molecule has 1 fully saturated rings. The second kappa shape index (κ2) is 5.68. The second-order valence-corrected chi connectivity index (χ2v) is 5.56. The van der Waals surface area contributed by atoms with E-state index in [1.165, 1.54) is 0 Å². The van der Waals surface area contributed by atoms with Crippen LogP contribution in [-0.2, 0) is 11.8 Å². The molecule has 0 N–H and O–H groups in total. The van der Waals surface area contributed by atoms with Crippen LogP contribution in [0, 0.1) is 25.2 Å². The van der Waals surface area contributed by atoms with Gasteiger partial charge in [0.15, 0.2) is 5.82 Å². The Morgan fingerprint density at radius 1 is 1.26 bits per heavy atom. The fraction of sp³-hybridized carbons (Fsp3) is 0.400. The zero-order chi connectivity index (χ0) is 16.6. The van der Waals surface area contributed by atoms with Gasteiger partial charge < -0.3 is 9.80 Å². The first-order valence-corrected chi connectivity index (χ1v) is 7.29. The minimum atomic E-state index is -0.0480. The maximum Gasteiger partial charge on any atom is 0.246 e. The van der Waals surface area contributed by atoms with E-state index in [4.69, 9.17) is 0 Å². The van der Waals surface area contributed by atoms with Crippen LogP contribution in [0.15, 0.2) is 12.4 Å². The molecule has 0 unspecified atom stereocenters. The fourth-order valence-corrected chi connectivity index (χ4v) is 2.63. The number of aryl methyl sites for hydroxylation is 2. The first-order valence-electron chi connectivity index (χ1n) is 7.29. The van der Waals surface area contributed by atoms with Crippen molar-refractivity contribution in [2.45, 2.75) is 13.8 Å². The Morgan fingerprint density at radius 2 is 2.04 bits per heavy atom. The third-order valence-corrected chi connectivity index (χ3v) is 4.07. The lowest BCUT2D eigenvalue weighted by Crippen LogP contribution is -2.51. The molecule has 8 nitrogen and oxygen atoms in total. The molecule has 23 heavy (non-hydrogen) atoms. The molecule has 0 spiro atoms. The summed E-state index contributed by atoms with van der Waals surface area (Å²) in [4.78, 5) is 16.0. The fourth-order valence-electron chi connectivity index (χ4n) is 2.63. The number of hydrogen-bond acceptors (Lipinski definition) is 6. The number of aromatic nitrogens is 4. The lowest BCUT2D eigenvalue weighted by molar-refractivity contribution is -0.117. The Bertz CT molecular complexity index is 805. The molecular weight excluding hydrogens is 294 g/mol. The standard InChI is InChI=1S/C15H17N7O/c1-10-11(2)18-19-15(13(10)6-16)21-4-5-22(14(23)9-21)12-7-17-20(3)8-12/h7-8H,4-5,9H2,1-3H3. The van der Waals surface area contributed by atoms with Crippen LogP contribution in [0.1, 0.15) is 16.8 Å². The minimum Gasteiger partial charge on any atom is -0.343 e. The maximum absolute atomic E-state index is 12.5. The monoisotopic (exact) mass is 311 g/mol. The molecule has 0 bridgehead atoms. The highest BCUT2D eigenvalue weighted by atomic mass is 16.2. The maximum atomic E-state index is 12.5. The summed E-state index contributed by atoms with van der Waals surface area (Å²) in [7, 11) is 1.81. The highest BCUT2D eigenvalue weighted by Gasteiger charge is 2.28. The number of nitriles is 1. The van der Waals surface area contributed by atoms with Gasteiger partial charge in [0.05, 0.1) is 24.1 Å². The minimum absolute atomic E-state index is 0.0480. The van der Waals surface area contributed by atoms with Crippen LogP contribution >= 0.6 is 0 Å². The molecule has 118 valence electrons. The van der Waals surface area contributed by atoms with Gasteiger partial charge in [0.2, 0.25) is 5.91 Å². The van der Waals surface area contributed by atoms with E-state index in [0.29, 0.717) is 24.5 Å². The summed E-state index contributed by atoms with van der Waals surface area (Å²) in [6.07, 6.45) is 3.48. The number of carbonyl (C=O) groups is 1. The zero-order valence-corrected chi connectivity index (χ0v) is 13.3. The van der Waals surface area contributed by atoms with Crippen molar-refractivity contribution in [3.63, 3.8) is 0 Å². The quantitative estimate of drug-likeness (QED) is 0.804. The van der Waals surface area contributed by atoms with Gasteiger partial charge in [-0.2, -0.15) is 15.5 Å². The summed E-state index contributed by atoms with van der Waals surface area (Å²) in [5.74, 6) is 0.433. The van der Waals surface area contributed by atoms with E-state index in [1.54, 1.807) is 15.8 Å². The molecular formula is C15H17N7O. The van der Waals surface area contributed by atoms with Crippen LogP contribution in [0.25, 0.3) is 0 Å². The van der Waals surface area contributed by atoms with E-state index in [-0.39, 0.29) is 12.5 Å². The molecule has 8 heteroatoms. The van der Waals surface area contributed by atoms with Crippen LogP contribution < -0.4 is 9.80 Å². The number of rotatable bonds is 2. The molecule has 0 aromatic carbocycles. The van der Waals surface area contributed by atoms with Crippen LogP contribution in [0.3, 0.4) is 0 Å². The van der Waals surface area contributed by atoms with Crippen LogP contribution in [0.4, 0.5) is 11.5 Å². The van der Waals surface area contributed by atoms with Gasteiger partial charge in [-0.15, -0.1) is 5.10 Å². The number of anilines is 2. The molecule has 1 amide bonds. The molecule has 1 saturated heterocycles. The number of nitrogens with zero attached hydrogens (tertiary/aromatic N) is 7. The average Bonchev–Trinajstić information content (AvgIpc) is 2.96. The Kier molecular flexibility index (Phi) is 3.70. The Morgan fingerprint density at radius 3 is 2.65 bits per heavy atom. The second-order valence-electron chi connectivity index (χ2n) is 5.56. The molecule has 1 aliphatic heterocycles. The van der Waals surface area contributed by atoms with Gasteiger partial charge in [0, 0.05) is 26.3 Å². The normalized spacial score (nSPS) is 15.0. The van der Waals surface area contributed by atoms with Gasteiger partial charge in [0.25, 0.3) is 0 Å². The van der Waals surface area contributed by atoms with Crippen LogP contribution in [0.2, 0.25) is 0 Å². The van der Waals surface area contributed by atoms with Crippen molar-refractivity contribution in [2.24, 2.45) is 7.05 Å². The molecule has 0 radical (unpaired) electrons. The topological polar surface area (TPSA) is 90.9 Å². The Hall–Kier alpha value is -2.95. The van der Waals surface area contributed by atoms with Crippen LogP contribution in [-0.4, -0.2) is 45.5 Å². The largest absolute Gasteiger partial charge is 0.343 e. The third-order valence-electron chi connectivity index (χ3n) is 4.07. The van der Waals surface area contributed by atoms with Crippen molar-refractivity contribution >= 4 is 17.4 Å². The van der Waals surface area contributed by atoms with E-state index in [0.717, 1.165) is 16.9 Å². The highest BCUT2D eigenvalue weighted by Crippen LogP contribution is 2.24. The van der Waals surface area contributed by atoms with Crippen LogP contribution in [0.5, 0.6) is 0 Å². The first-order chi connectivity index (χ1) is 11.0. The van der Waals surface area contributed by atoms with E-state index >= 15 is 0 Å². The molecule has 2 aromatic rings. The smallest absolute Gasteiger partial charge is 0.246 e. The lowest BCUT2D eigenvalue weighted by Gasteiger charge is -2.34. The van der Waals surface area contributed by atoms with Crippen molar-refractivity contribution in [3.05, 3.63) is 29.2 Å². The van der Waals surface area contributed by atoms with Gasteiger partial charge in [-0.1, -0.05) is 0 Å². The summed E-state index contributed by atoms with van der Waals surface area (Å²) in [5.41, 5.74) is 2.80. The number of amides is 1.